The number of hydrogen-bond acceptors (Lipinski definition) is 6. The molecule has 0 atom stereocenters. The molecule has 10 nitrogen and oxygen atoms in total. The third-order valence-corrected chi connectivity index (χ3v) is 3.91. The predicted octanol–water partition coefficient (Wildman–Crippen LogP) is 1.89. The fourth-order valence-corrected chi connectivity index (χ4v) is 2.66. The highest BCUT2D eigenvalue weighted by atomic mass is 16.6. The SMILES string of the molecule is CCNC(=O)c1cccc(NC(=O)Cn2c(=O)oc3ccc([N+](=O)[O-])cc32)c1. The van der Waals surface area contributed by atoms with Gasteiger partial charge in [0.15, 0.2) is 5.58 Å². The summed E-state index contributed by atoms with van der Waals surface area (Å²) in [6, 6.07) is 10.0. The maximum Gasteiger partial charge on any atom is 0.420 e. The van der Waals surface area contributed by atoms with Gasteiger partial charge in [0.1, 0.15) is 6.54 Å². The van der Waals surface area contributed by atoms with Crippen LogP contribution in [0.25, 0.3) is 11.1 Å². The van der Waals surface area contributed by atoms with E-state index in [-0.39, 0.29) is 22.7 Å². The van der Waals surface area contributed by atoms with E-state index in [1.54, 1.807) is 25.1 Å². The number of nitrogens with one attached hydrogen (secondary N) is 2. The smallest absolute Gasteiger partial charge is 0.408 e. The van der Waals surface area contributed by atoms with E-state index in [4.69, 9.17) is 4.42 Å². The average molecular weight is 384 g/mol. The van der Waals surface area contributed by atoms with Crippen LogP contribution in [0.3, 0.4) is 0 Å². The Morgan fingerprint density at radius 3 is 2.71 bits per heavy atom. The normalized spacial score (nSPS) is 10.6. The van der Waals surface area contributed by atoms with Crippen LogP contribution in [0.4, 0.5) is 11.4 Å². The van der Waals surface area contributed by atoms with Crippen molar-refractivity contribution in [2.45, 2.75) is 13.5 Å². The van der Waals surface area contributed by atoms with Gasteiger partial charge in [-0.3, -0.25) is 24.3 Å². The first-order chi connectivity index (χ1) is 13.4. The average Bonchev–Trinajstić information content (AvgIpc) is 2.96. The largest absolute Gasteiger partial charge is 0.420 e. The molecule has 0 unspecified atom stereocenters. The van der Waals surface area contributed by atoms with Gasteiger partial charge in [-0.15, -0.1) is 0 Å². The minimum atomic E-state index is -0.804. The first kappa shape index (κ1) is 18.8. The van der Waals surface area contributed by atoms with E-state index >= 15 is 0 Å². The summed E-state index contributed by atoms with van der Waals surface area (Å²) in [7, 11) is 0. The number of anilines is 1. The van der Waals surface area contributed by atoms with E-state index in [1.807, 2.05) is 0 Å². The molecule has 0 saturated carbocycles. The van der Waals surface area contributed by atoms with Crippen molar-refractivity contribution in [2.75, 3.05) is 11.9 Å². The van der Waals surface area contributed by atoms with E-state index in [9.17, 15) is 24.5 Å². The lowest BCUT2D eigenvalue weighted by molar-refractivity contribution is -0.384. The van der Waals surface area contributed by atoms with Gasteiger partial charge >= 0.3 is 5.76 Å². The van der Waals surface area contributed by atoms with Crippen LogP contribution in [0.15, 0.2) is 51.7 Å². The Hall–Kier alpha value is -3.95. The van der Waals surface area contributed by atoms with Crippen LogP contribution in [-0.4, -0.2) is 27.8 Å². The zero-order chi connectivity index (χ0) is 20.3. The molecule has 3 rings (SSSR count). The molecule has 2 amide bonds. The van der Waals surface area contributed by atoms with E-state index < -0.39 is 23.1 Å². The number of oxazole rings is 1. The molecule has 1 aromatic heterocycles. The second-order valence-electron chi connectivity index (χ2n) is 5.85. The number of nitrogens with zero attached hydrogens (tertiary/aromatic N) is 2. The van der Waals surface area contributed by atoms with Gasteiger partial charge in [-0.1, -0.05) is 6.07 Å². The summed E-state index contributed by atoms with van der Waals surface area (Å²) < 4.78 is 6.02. The maximum atomic E-state index is 12.4. The number of non-ortho nitro benzene ring substituents is 1. The first-order valence-electron chi connectivity index (χ1n) is 8.35. The highest BCUT2D eigenvalue weighted by Crippen LogP contribution is 2.20. The molecule has 144 valence electrons. The maximum absolute atomic E-state index is 12.4. The number of nitro benzene ring substituents is 1. The summed E-state index contributed by atoms with van der Waals surface area (Å²) in [5.74, 6) is -1.63. The van der Waals surface area contributed by atoms with Crippen molar-refractivity contribution in [3.8, 4) is 0 Å². The second kappa shape index (κ2) is 7.74. The molecule has 2 N–H and O–H groups in total. The number of hydrogen-bond donors (Lipinski definition) is 2. The van der Waals surface area contributed by atoms with Crippen LogP contribution in [0.1, 0.15) is 17.3 Å². The lowest BCUT2D eigenvalue weighted by Gasteiger charge is -2.08. The van der Waals surface area contributed by atoms with Gasteiger partial charge in [0.05, 0.1) is 10.4 Å². The molecule has 3 aromatic rings. The van der Waals surface area contributed by atoms with Gasteiger partial charge in [-0.05, 0) is 31.2 Å². The van der Waals surface area contributed by atoms with Crippen molar-refractivity contribution in [3.05, 3.63) is 68.7 Å². The van der Waals surface area contributed by atoms with Crippen molar-refractivity contribution in [3.63, 3.8) is 0 Å². The summed E-state index contributed by atoms with van der Waals surface area (Å²) >= 11 is 0. The summed E-state index contributed by atoms with van der Waals surface area (Å²) in [5.41, 5.74) is 0.811. The van der Waals surface area contributed by atoms with Crippen LogP contribution >= 0.6 is 0 Å². The monoisotopic (exact) mass is 384 g/mol. The number of carbonyl (C=O) groups is 2. The molecule has 0 aliphatic carbocycles. The molecule has 2 aromatic carbocycles. The topological polar surface area (TPSA) is 136 Å². The number of aromatic nitrogens is 1. The minimum absolute atomic E-state index is 0.140. The molecule has 0 fully saturated rings. The highest BCUT2D eigenvalue weighted by Gasteiger charge is 2.16. The first-order valence-corrected chi connectivity index (χ1v) is 8.35. The van der Waals surface area contributed by atoms with Crippen LogP contribution in [0.5, 0.6) is 0 Å². The van der Waals surface area contributed by atoms with Gasteiger partial charge in [0, 0.05) is 29.9 Å². The Morgan fingerprint density at radius 2 is 2.00 bits per heavy atom. The predicted molar refractivity (Wildman–Crippen MR) is 100 cm³/mol. The van der Waals surface area contributed by atoms with Crippen molar-refractivity contribution < 1.29 is 18.9 Å². The number of carbonyl (C=O) groups excluding carboxylic acids is 2. The van der Waals surface area contributed by atoms with E-state index in [1.165, 1.54) is 24.3 Å². The molecular formula is C18H16N4O6. The Bertz CT molecular complexity index is 1130. The molecule has 0 saturated heterocycles. The minimum Gasteiger partial charge on any atom is -0.408 e. The highest BCUT2D eigenvalue weighted by molar-refractivity contribution is 5.97. The summed E-state index contributed by atoms with van der Waals surface area (Å²) in [4.78, 5) is 46.6. The molecule has 0 aliphatic heterocycles. The lowest BCUT2D eigenvalue weighted by atomic mass is 10.2. The van der Waals surface area contributed by atoms with Crippen LogP contribution < -0.4 is 16.4 Å². The lowest BCUT2D eigenvalue weighted by Crippen LogP contribution is -2.25. The van der Waals surface area contributed by atoms with Crippen molar-refractivity contribution in [2.24, 2.45) is 0 Å². The van der Waals surface area contributed by atoms with Crippen molar-refractivity contribution in [1.82, 2.24) is 9.88 Å². The van der Waals surface area contributed by atoms with E-state index in [2.05, 4.69) is 10.6 Å². The number of rotatable bonds is 6. The zero-order valence-corrected chi connectivity index (χ0v) is 14.8. The molecule has 0 aliphatic rings. The molecule has 0 radical (unpaired) electrons. The fourth-order valence-electron chi connectivity index (χ4n) is 2.66. The molecule has 0 bridgehead atoms. The number of fused-ring (bicyclic) bond motifs is 1. The molecule has 0 spiro atoms. The quantitative estimate of drug-likeness (QED) is 0.492. The molecule has 10 heteroatoms. The Morgan fingerprint density at radius 1 is 1.21 bits per heavy atom. The van der Waals surface area contributed by atoms with Crippen LogP contribution in [0.2, 0.25) is 0 Å². The van der Waals surface area contributed by atoms with Crippen molar-refractivity contribution >= 4 is 34.3 Å². The van der Waals surface area contributed by atoms with E-state index in [0.29, 0.717) is 17.8 Å². The van der Waals surface area contributed by atoms with Gasteiger partial charge in [-0.25, -0.2) is 4.79 Å². The number of nitro groups is 1. The number of benzene rings is 2. The second-order valence-corrected chi connectivity index (χ2v) is 5.85. The van der Waals surface area contributed by atoms with Crippen LogP contribution in [0, 0.1) is 10.1 Å². The van der Waals surface area contributed by atoms with E-state index in [0.717, 1.165) is 4.57 Å². The van der Waals surface area contributed by atoms with Crippen LogP contribution in [-0.2, 0) is 11.3 Å². The molecular weight excluding hydrogens is 368 g/mol. The fraction of sp³-hybridized carbons (Fsp3) is 0.167. The standard InChI is InChI=1S/C18H16N4O6/c1-2-19-17(24)11-4-3-5-12(8-11)20-16(23)10-21-14-9-13(22(26)27)6-7-15(14)28-18(21)25/h3-9H,2,10H2,1H3,(H,19,24)(H,20,23). The van der Waals surface area contributed by atoms with Crippen molar-refractivity contribution in [1.29, 1.82) is 0 Å². The van der Waals surface area contributed by atoms with Gasteiger partial charge in [0.2, 0.25) is 5.91 Å². The van der Waals surface area contributed by atoms with Gasteiger partial charge < -0.3 is 15.1 Å². The Kier molecular flexibility index (Phi) is 5.21. The Balaban J connectivity index is 1.82. The Labute approximate surface area is 157 Å². The third-order valence-electron chi connectivity index (χ3n) is 3.91. The summed E-state index contributed by atoms with van der Waals surface area (Å²) in [6.07, 6.45) is 0. The number of amides is 2. The zero-order valence-electron chi connectivity index (χ0n) is 14.8. The molecule has 28 heavy (non-hydrogen) atoms. The summed E-state index contributed by atoms with van der Waals surface area (Å²) in [6.45, 7) is 1.86. The molecule has 1 heterocycles. The summed E-state index contributed by atoms with van der Waals surface area (Å²) in [5, 5.41) is 16.2. The van der Waals surface area contributed by atoms with Gasteiger partial charge in [0.25, 0.3) is 11.6 Å². The third kappa shape index (κ3) is 3.90. The van der Waals surface area contributed by atoms with Gasteiger partial charge in [-0.2, -0.15) is 0 Å².